The third-order valence-corrected chi connectivity index (χ3v) is 6.52. The highest BCUT2D eigenvalue weighted by Crippen LogP contribution is 2.30. The standard InChI is InChI=1S/C27H36N4O6/c32-24(13-5-6-14-25(33)30-36)29-28-18-20-9-7-10-21(17-20)19-31-22-11-8-12-23(22)37-27(35)16-4-2-1-3-15-26(31)34/h1-2,7,9-10,17-18,22-23,36H,3-6,8,11-16,19H2,(H,29,32)(H,30,33)/b2-1+,28-18+/t22-,23-/m0/s1. The molecule has 3 rings (SSSR count). The molecule has 0 radical (unpaired) electrons. The molecular formula is C27H36N4O6. The zero-order valence-electron chi connectivity index (χ0n) is 21.1. The van der Waals surface area contributed by atoms with Crippen molar-refractivity contribution < 1.29 is 29.1 Å². The van der Waals surface area contributed by atoms with Gasteiger partial charge in [-0.25, -0.2) is 10.9 Å². The monoisotopic (exact) mass is 512 g/mol. The molecule has 200 valence electrons. The van der Waals surface area contributed by atoms with Crippen molar-refractivity contribution in [1.82, 2.24) is 15.8 Å². The predicted molar refractivity (Wildman–Crippen MR) is 136 cm³/mol. The molecule has 0 unspecified atom stereocenters. The van der Waals surface area contributed by atoms with Crippen LogP contribution in [0.25, 0.3) is 0 Å². The number of esters is 1. The van der Waals surface area contributed by atoms with Gasteiger partial charge in [0.25, 0.3) is 0 Å². The van der Waals surface area contributed by atoms with Crippen molar-refractivity contribution in [3.8, 4) is 0 Å². The van der Waals surface area contributed by atoms with Gasteiger partial charge in [0, 0.05) is 32.2 Å². The second-order valence-corrected chi connectivity index (χ2v) is 9.38. The zero-order chi connectivity index (χ0) is 26.5. The molecule has 0 spiro atoms. The lowest BCUT2D eigenvalue weighted by Gasteiger charge is -2.33. The Morgan fingerprint density at radius 2 is 1.84 bits per heavy atom. The minimum atomic E-state index is -0.478. The van der Waals surface area contributed by atoms with E-state index in [1.165, 1.54) is 0 Å². The number of carbonyl (C=O) groups excluding carboxylic acids is 4. The average Bonchev–Trinajstić information content (AvgIpc) is 3.34. The lowest BCUT2D eigenvalue weighted by atomic mass is 10.1. The molecule has 1 aliphatic carbocycles. The van der Waals surface area contributed by atoms with E-state index in [0.717, 1.165) is 30.4 Å². The van der Waals surface area contributed by atoms with Crippen molar-refractivity contribution in [3.63, 3.8) is 0 Å². The molecule has 1 aliphatic heterocycles. The smallest absolute Gasteiger partial charge is 0.306 e. The Morgan fingerprint density at radius 1 is 1.08 bits per heavy atom. The number of unbranched alkanes of at least 4 members (excludes halogenated alkanes) is 1. The van der Waals surface area contributed by atoms with Gasteiger partial charge in [-0.05, 0) is 62.1 Å². The molecule has 1 saturated carbocycles. The van der Waals surface area contributed by atoms with Gasteiger partial charge in [0.2, 0.25) is 17.7 Å². The fourth-order valence-corrected chi connectivity index (χ4v) is 4.64. The highest BCUT2D eigenvalue weighted by Gasteiger charge is 2.37. The maximum Gasteiger partial charge on any atom is 0.306 e. The molecule has 0 bridgehead atoms. The van der Waals surface area contributed by atoms with Crippen molar-refractivity contribution >= 4 is 29.9 Å². The second kappa shape index (κ2) is 14.9. The van der Waals surface area contributed by atoms with Crippen LogP contribution in [0.15, 0.2) is 41.5 Å². The summed E-state index contributed by atoms with van der Waals surface area (Å²) < 4.78 is 5.76. The maximum atomic E-state index is 13.2. The quantitative estimate of drug-likeness (QED) is 0.116. The third kappa shape index (κ3) is 9.45. The van der Waals surface area contributed by atoms with Gasteiger partial charge in [-0.15, -0.1) is 0 Å². The number of nitrogens with one attached hydrogen (secondary N) is 2. The van der Waals surface area contributed by atoms with Gasteiger partial charge >= 0.3 is 5.97 Å². The van der Waals surface area contributed by atoms with Crippen LogP contribution in [0.2, 0.25) is 0 Å². The summed E-state index contributed by atoms with van der Waals surface area (Å²) in [6.45, 7) is 0.400. The summed E-state index contributed by atoms with van der Waals surface area (Å²) in [5.74, 6) is -0.918. The lowest BCUT2D eigenvalue weighted by molar-refractivity contribution is -0.155. The van der Waals surface area contributed by atoms with E-state index in [0.29, 0.717) is 45.1 Å². The Bertz CT molecular complexity index is 1010. The van der Waals surface area contributed by atoms with Crippen LogP contribution in [0.3, 0.4) is 0 Å². The van der Waals surface area contributed by atoms with Crippen molar-refractivity contribution in [2.45, 2.75) is 89.3 Å². The molecule has 1 aromatic carbocycles. The summed E-state index contributed by atoms with van der Waals surface area (Å²) in [5.41, 5.74) is 5.73. The molecule has 2 atom stereocenters. The number of nitrogens with zero attached hydrogens (tertiary/aromatic N) is 2. The van der Waals surface area contributed by atoms with Gasteiger partial charge in [-0.2, -0.15) is 5.10 Å². The number of amides is 3. The van der Waals surface area contributed by atoms with Crippen LogP contribution in [0.5, 0.6) is 0 Å². The van der Waals surface area contributed by atoms with Gasteiger partial charge in [0.15, 0.2) is 0 Å². The summed E-state index contributed by atoms with van der Waals surface area (Å²) in [7, 11) is 0. The molecule has 1 heterocycles. The van der Waals surface area contributed by atoms with Crippen LogP contribution < -0.4 is 10.9 Å². The number of allylic oxidation sites excluding steroid dienone is 2. The number of ether oxygens (including phenoxy) is 1. The summed E-state index contributed by atoms with van der Waals surface area (Å²) in [5, 5.41) is 12.5. The van der Waals surface area contributed by atoms with Crippen LogP contribution in [-0.2, 0) is 30.5 Å². The third-order valence-electron chi connectivity index (χ3n) is 6.52. The number of hydroxylamine groups is 1. The fourth-order valence-electron chi connectivity index (χ4n) is 4.64. The molecule has 1 aromatic rings. The molecule has 1 fully saturated rings. The van der Waals surface area contributed by atoms with E-state index in [1.807, 2.05) is 41.3 Å². The average molecular weight is 513 g/mol. The molecule has 3 N–H and O–H groups in total. The van der Waals surface area contributed by atoms with E-state index < -0.39 is 5.91 Å². The minimum absolute atomic E-state index is 0.0426. The summed E-state index contributed by atoms with van der Waals surface area (Å²) in [6, 6.07) is 7.45. The number of hydrogen-bond acceptors (Lipinski definition) is 7. The van der Waals surface area contributed by atoms with Gasteiger partial charge in [0.05, 0.1) is 12.3 Å². The molecule has 0 saturated heterocycles. The molecular weight excluding hydrogens is 476 g/mol. The molecule has 0 aromatic heterocycles. The number of hydrogen-bond donors (Lipinski definition) is 3. The highest BCUT2D eigenvalue weighted by atomic mass is 16.5. The van der Waals surface area contributed by atoms with Gasteiger partial charge in [0.1, 0.15) is 6.10 Å². The Hall–Kier alpha value is -3.53. The predicted octanol–water partition coefficient (Wildman–Crippen LogP) is 3.13. The van der Waals surface area contributed by atoms with Crippen LogP contribution in [0, 0.1) is 0 Å². The SMILES string of the molecule is O=C(CCCCC(=O)N/N=C/c1cccc(CN2C(=O)CC/C=C/CCC(=O)O[C@H]3CCC[C@@H]32)c1)NO. The molecule has 10 nitrogen and oxygen atoms in total. The Kier molecular flexibility index (Phi) is 11.3. The topological polar surface area (TPSA) is 137 Å². The Labute approximate surface area is 217 Å². The maximum absolute atomic E-state index is 13.2. The second-order valence-electron chi connectivity index (χ2n) is 9.38. The fraction of sp³-hybridized carbons (Fsp3) is 0.519. The first-order valence-electron chi connectivity index (χ1n) is 12.9. The molecule has 37 heavy (non-hydrogen) atoms. The van der Waals surface area contributed by atoms with E-state index in [-0.39, 0.29) is 42.8 Å². The van der Waals surface area contributed by atoms with Crippen LogP contribution >= 0.6 is 0 Å². The van der Waals surface area contributed by atoms with Crippen LogP contribution in [-0.4, -0.2) is 52.2 Å². The van der Waals surface area contributed by atoms with E-state index >= 15 is 0 Å². The van der Waals surface area contributed by atoms with E-state index in [1.54, 1.807) is 11.7 Å². The van der Waals surface area contributed by atoms with Crippen LogP contribution in [0.1, 0.15) is 81.8 Å². The molecule has 3 amide bonds. The number of fused-ring (bicyclic) bond motifs is 1. The summed E-state index contributed by atoms with van der Waals surface area (Å²) in [6.07, 6.45) is 11.0. The first kappa shape index (κ1) is 28.0. The normalized spacial score (nSPS) is 21.5. The Morgan fingerprint density at radius 3 is 2.62 bits per heavy atom. The first-order valence-corrected chi connectivity index (χ1v) is 12.9. The number of hydrazone groups is 1. The summed E-state index contributed by atoms with van der Waals surface area (Å²) >= 11 is 0. The van der Waals surface area contributed by atoms with Crippen molar-refractivity contribution in [2.75, 3.05) is 0 Å². The van der Waals surface area contributed by atoms with Crippen molar-refractivity contribution in [3.05, 3.63) is 47.5 Å². The Balaban J connectivity index is 1.60. The molecule has 2 aliphatic rings. The zero-order valence-corrected chi connectivity index (χ0v) is 21.1. The van der Waals surface area contributed by atoms with E-state index in [2.05, 4.69) is 10.5 Å². The number of rotatable bonds is 9. The lowest BCUT2D eigenvalue weighted by Crippen LogP contribution is -2.45. The highest BCUT2D eigenvalue weighted by molar-refractivity contribution is 5.83. The van der Waals surface area contributed by atoms with Gasteiger partial charge in [-0.3, -0.25) is 24.4 Å². The number of benzene rings is 1. The van der Waals surface area contributed by atoms with E-state index in [9.17, 15) is 19.2 Å². The first-order chi connectivity index (χ1) is 18.0. The van der Waals surface area contributed by atoms with Crippen LogP contribution in [0.4, 0.5) is 0 Å². The minimum Gasteiger partial charge on any atom is -0.460 e. The van der Waals surface area contributed by atoms with Gasteiger partial charge < -0.3 is 9.64 Å². The van der Waals surface area contributed by atoms with E-state index in [4.69, 9.17) is 9.94 Å². The van der Waals surface area contributed by atoms with Crippen molar-refractivity contribution in [2.24, 2.45) is 5.10 Å². The largest absolute Gasteiger partial charge is 0.460 e. The van der Waals surface area contributed by atoms with Crippen molar-refractivity contribution in [1.29, 1.82) is 0 Å². The van der Waals surface area contributed by atoms with Gasteiger partial charge in [-0.1, -0.05) is 30.4 Å². The summed E-state index contributed by atoms with van der Waals surface area (Å²) in [4.78, 5) is 50.2. The molecule has 10 heteroatoms. The number of carbonyl (C=O) groups is 4.